The Labute approximate surface area is 65.3 Å². The molecule has 0 atom stereocenters. The second-order valence-corrected chi connectivity index (χ2v) is 2.44. The smallest absolute Gasteiger partial charge is 0.150 e. The zero-order valence-corrected chi connectivity index (χ0v) is 5.87. The van der Waals surface area contributed by atoms with Crippen molar-refractivity contribution >= 4 is 17.2 Å². The van der Waals surface area contributed by atoms with E-state index in [0.29, 0.717) is 5.56 Å². The molecule has 1 aromatic heterocycles. The molecular weight excluding hydrogens is 138 g/mol. The van der Waals surface area contributed by atoms with Crippen molar-refractivity contribution < 1.29 is 6.22 Å². The van der Waals surface area contributed by atoms with Crippen LogP contribution < -0.4 is 0 Å². The molecule has 0 fully saturated rings. The van der Waals surface area contributed by atoms with E-state index in [1.54, 1.807) is 0 Å². The van der Waals surface area contributed by atoms with Gasteiger partial charge in [0.2, 0.25) is 0 Å². The zero-order chi connectivity index (χ0) is 7.68. The van der Waals surface area contributed by atoms with Gasteiger partial charge in [0.05, 0.1) is 0 Å². The fourth-order valence-corrected chi connectivity index (χ4v) is 1.14. The van der Waals surface area contributed by atoms with Crippen LogP contribution in [0.3, 0.4) is 0 Å². The van der Waals surface area contributed by atoms with Crippen LogP contribution >= 0.6 is 0 Å². The Kier molecular flexibility index (Phi) is 1.25. The van der Waals surface area contributed by atoms with E-state index in [0.717, 1.165) is 17.2 Å². The molecule has 1 aromatic carbocycles. The van der Waals surface area contributed by atoms with Crippen LogP contribution in [0.4, 0.5) is 0 Å². The quantitative estimate of drug-likeness (QED) is 0.616. The summed E-state index contributed by atoms with van der Waals surface area (Å²) in [7, 11) is 0. The van der Waals surface area contributed by atoms with E-state index in [-0.39, 0.29) is 1.43 Å². The lowest BCUT2D eigenvalue weighted by atomic mass is 10.2. The summed E-state index contributed by atoms with van der Waals surface area (Å²) in [5, 5.41) is 1.13. The Bertz CT molecular complexity index is 394. The Morgan fingerprint density at radius 1 is 1.36 bits per heavy atom. The van der Waals surface area contributed by atoms with E-state index in [2.05, 4.69) is 4.98 Å². The minimum absolute atomic E-state index is 0. The fraction of sp³-hybridized carbons (Fsp3) is 0. The van der Waals surface area contributed by atoms with Gasteiger partial charge in [-0.15, -0.1) is 0 Å². The van der Waals surface area contributed by atoms with Gasteiger partial charge in [-0.1, -0.05) is 12.1 Å². The second-order valence-electron chi connectivity index (χ2n) is 2.44. The minimum atomic E-state index is 0. The summed E-state index contributed by atoms with van der Waals surface area (Å²) in [6.45, 7) is 0. The van der Waals surface area contributed by atoms with Crippen LogP contribution in [-0.2, 0) is 0 Å². The van der Waals surface area contributed by atoms with Crippen LogP contribution in [-0.4, -0.2) is 11.3 Å². The Morgan fingerprint density at radius 2 is 2.27 bits per heavy atom. The maximum absolute atomic E-state index is 10.4. The summed E-state index contributed by atoms with van der Waals surface area (Å²) in [5.41, 5.74) is 1.72. The van der Waals surface area contributed by atoms with E-state index < -0.39 is 0 Å². The van der Waals surface area contributed by atoms with Crippen molar-refractivity contribution in [1.29, 1.82) is 0 Å². The number of H-pyrrole nitrogens is 1. The summed E-state index contributed by atoms with van der Waals surface area (Å²) in [5.74, 6) is 0. The number of hydrogen-bond donors (Lipinski definition) is 1. The van der Waals surface area contributed by atoms with Crippen molar-refractivity contribution in [1.82, 2.24) is 4.98 Å². The first-order valence-electron chi connectivity index (χ1n) is 3.42. The number of rotatable bonds is 1. The molecule has 0 bridgehead atoms. The maximum atomic E-state index is 10.4. The molecule has 0 radical (unpaired) electrons. The predicted molar refractivity (Wildman–Crippen MR) is 45.8 cm³/mol. The van der Waals surface area contributed by atoms with Crippen molar-refractivity contribution in [2.24, 2.45) is 0 Å². The van der Waals surface area contributed by atoms with Crippen LogP contribution in [0.1, 0.15) is 11.8 Å². The first-order valence-corrected chi connectivity index (χ1v) is 3.42. The van der Waals surface area contributed by atoms with Crippen molar-refractivity contribution in [3.05, 3.63) is 36.0 Å². The lowest BCUT2D eigenvalue weighted by Gasteiger charge is -1.89. The van der Waals surface area contributed by atoms with Gasteiger partial charge >= 0.3 is 0 Å². The van der Waals surface area contributed by atoms with Gasteiger partial charge in [-0.05, 0) is 17.5 Å². The van der Waals surface area contributed by atoms with Crippen LogP contribution in [0.5, 0.6) is 0 Å². The molecule has 56 valence electrons. The standard InChI is InChI=1S/C9H7NO.H2/c11-6-7-1-2-8-3-4-10-9(8)5-7;/h1-6,10H;1H. The van der Waals surface area contributed by atoms with Crippen LogP contribution in [0, 0.1) is 0 Å². The van der Waals surface area contributed by atoms with Gasteiger partial charge in [0.1, 0.15) is 6.29 Å². The third-order valence-electron chi connectivity index (χ3n) is 1.72. The molecule has 2 heteroatoms. The fourth-order valence-electron chi connectivity index (χ4n) is 1.14. The van der Waals surface area contributed by atoms with Gasteiger partial charge in [0, 0.05) is 18.7 Å². The molecular formula is C9H9NO. The number of aromatic amines is 1. The van der Waals surface area contributed by atoms with Crippen molar-refractivity contribution in [2.45, 2.75) is 0 Å². The largest absolute Gasteiger partial charge is 0.361 e. The number of aromatic nitrogens is 1. The van der Waals surface area contributed by atoms with Crippen molar-refractivity contribution in [3.63, 3.8) is 0 Å². The zero-order valence-electron chi connectivity index (χ0n) is 5.87. The molecule has 0 aliphatic rings. The van der Waals surface area contributed by atoms with E-state index in [1.165, 1.54) is 0 Å². The van der Waals surface area contributed by atoms with Gasteiger partial charge in [0.25, 0.3) is 0 Å². The summed E-state index contributed by atoms with van der Waals surface area (Å²) >= 11 is 0. The molecule has 0 saturated carbocycles. The highest BCUT2D eigenvalue weighted by molar-refractivity contribution is 5.86. The molecule has 0 aliphatic carbocycles. The molecule has 2 rings (SSSR count). The van der Waals surface area contributed by atoms with Crippen LogP contribution in [0.2, 0.25) is 0 Å². The first-order chi connectivity index (χ1) is 5.40. The monoisotopic (exact) mass is 147 g/mol. The van der Waals surface area contributed by atoms with Crippen molar-refractivity contribution in [3.8, 4) is 0 Å². The number of carbonyl (C=O) groups is 1. The SMILES string of the molecule is O=Cc1ccc2cc[nH]c2c1.[HH]. The van der Waals surface area contributed by atoms with Gasteiger partial charge in [-0.3, -0.25) is 4.79 Å². The van der Waals surface area contributed by atoms with E-state index in [1.807, 2.05) is 30.5 Å². The number of nitrogens with one attached hydrogen (secondary N) is 1. The number of hydrogen-bond acceptors (Lipinski definition) is 1. The van der Waals surface area contributed by atoms with Crippen LogP contribution in [0.25, 0.3) is 10.9 Å². The predicted octanol–water partition coefficient (Wildman–Crippen LogP) is 2.23. The van der Waals surface area contributed by atoms with E-state index in [4.69, 9.17) is 0 Å². The number of aldehydes is 1. The lowest BCUT2D eigenvalue weighted by molar-refractivity contribution is 0.112. The van der Waals surface area contributed by atoms with Crippen LogP contribution in [0.15, 0.2) is 30.5 Å². The average Bonchev–Trinajstić information content (AvgIpc) is 2.50. The number of benzene rings is 1. The van der Waals surface area contributed by atoms with Gasteiger partial charge < -0.3 is 4.98 Å². The molecule has 11 heavy (non-hydrogen) atoms. The molecule has 0 unspecified atom stereocenters. The summed E-state index contributed by atoms with van der Waals surface area (Å²) in [6, 6.07) is 7.55. The summed E-state index contributed by atoms with van der Waals surface area (Å²) in [6.07, 6.45) is 2.71. The Morgan fingerprint density at radius 3 is 3.09 bits per heavy atom. The highest BCUT2D eigenvalue weighted by atomic mass is 16.1. The minimum Gasteiger partial charge on any atom is -0.361 e. The normalized spacial score (nSPS) is 10.2. The Hall–Kier alpha value is -1.57. The topological polar surface area (TPSA) is 32.9 Å². The third-order valence-corrected chi connectivity index (χ3v) is 1.72. The highest BCUT2D eigenvalue weighted by Gasteiger charge is 1.94. The number of carbonyl (C=O) groups excluding carboxylic acids is 1. The first kappa shape index (κ1) is 6.16. The molecule has 2 nitrogen and oxygen atoms in total. The van der Waals surface area contributed by atoms with Gasteiger partial charge in [-0.25, -0.2) is 0 Å². The third kappa shape index (κ3) is 0.923. The molecule has 0 amide bonds. The van der Waals surface area contributed by atoms with E-state index >= 15 is 0 Å². The average molecular weight is 147 g/mol. The van der Waals surface area contributed by atoms with E-state index in [9.17, 15) is 4.79 Å². The summed E-state index contributed by atoms with van der Waals surface area (Å²) < 4.78 is 0. The molecule has 0 aliphatic heterocycles. The molecule has 0 spiro atoms. The van der Waals surface area contributed by atoms with Gasteiger partial charge in [-0.2, -0.15) is 0 Å². The lowest BCUT2D eigenvalue weighted by Crippen LogP contribution is -1.77. The van der Waals surface area contributed by atoms with Gasteiger partial charge in [0.15, 0.2) is 0 Å². The highest BCUT2D eigenvalue weighted by Crippen LogP contribution is 2.12. The molecule has 1 N–H and O–H groups in total. The molecule has 0 saturated heterocycles. The van der Waals surface area contributed by atoms with Crippen molar-refractivity contribution in [2.75, 3.05) is 0 Å². The molecule has 1 heterocycles. The number of fused-ring (bicyclic) bond motifs is 1. The summed E-state index contributed by atoms with van der Waals surface area (Å²) in [4.78, 5) is 13.4. The second kappa shape index (κ2) is 2.23. The molecule has 2 aromatic rings. The Balaban J connectivity index is 0.000000720. The maximum Gasteiger partial charge on any atom is 0.150 e.